The number of nitrogens with zero attached hydrogens (tertiary/aromatic N) is 1. The van der Waals surface area contributed by atoms with E-state index in [-0.39, 0.29) is 0 Å². The molecule has 0 aliphatic heterocycles. The highest BCUT2D eigenvalue weighted by atomic mass is 16.4. The second-order valence-corrected chi connectivity index (χ2v) is 2.18. The highest BCUT2D eigenvalue weighted by molar-refractivity contribution is 5.44. The lowest BCUT2D eigenvalue weighted by atomic mass is 10.3. The molecule has 0 aliphatic rings. The van der Waals surface area contributed by atoms with Gasteiger partial charge in [-0.1, -0.05) is 6.08 Å². The Labute approximate surface area is 60.6 Å². The molecular weight excluding hydrogens is 126 g/mol. The number of rotatable bonds is 1. The Morgan fingerprint density at radius 1 is 1.40 bits per heavy atom. The Morgan fingerprint density at radius 3 is 2.50 bits per heavy atom. The molecule has 0 unspecified atom stereocenters. The molecule has 0 spiro atoms. The van der Waals surface area contributed by atoms with Crippen molar-refractivity contribution in [3.05, 3.63) is 23.4 Å². The summed E-state index contributed by atoms with van der Waals surface area (Å²) in [6, 6.07) is 0. The van der Waals surface area contributed by atoms with Gasteiger partial charge in [0.25, 0.3) is 0 Å². The summed E-state index contributed by atoms with van der Waals surface area (Å²) in [5.74, 6) is 1.59. The molecule has 1 heterocycles. The minimum absolute atomic E-state index is 0.727. The Balaban J connectivity index is 3.03. The van der Waals surface area contributed by atoms with Crippen molar-refractivity contribution in [2.45, 2.75) is 20.8 Å². The van der Waals surface area contributed by atoms with Crippen LogP contribution in [-0.2, 0) is 0 Å². The zero-order chi connectivity index (χ0) is 7.56. The first kappa shape index (κ1) is 7.06. The molecule has 0 amide bonds. The molecule has 2 nitrogen and oxygen atoms in total. The van der Waals surface area contributed by atoms with Crippen LogP contribution in [0.3, 0.4) is 0 Å². The molecule has 1 aromatic heterocycles. The van der Waals surface area contributed by atoms with E-state index < -0.39 is 0 Å². The molecule has 2 heteroatoms. The molecule has 0 saturated heterocycles. The second-order valence-electron chi connectivity index (χ2n) is 2.18. The molecule has 0 saturated carbocycles. The highest BCUT2D eigenvalue weighted by Gasteiger charge is 2.00. The number of allylic oxidation sites excluding steroid dienone is 1. The maximum Gasteiger partial charge on any atom is 0.191 e. The van der Waals surface area contributed by atoms with Crippen molar-refractivity contribution in [1.29, 1.82) is 0 Å². The lowest BCUT2D eigenvalue weighted by molar-refractivity contribution is 0.512. The summed E-state index contributed by atoms with van der Waals surface area (Å²) in [7, 11) is 0. The van der Waals surface area contributed by atoms with Crippen LogP contribution in [0.2, 0.25) is 0 Å². The summed E-state index contributed by atoms with van der Waals surface area (Å²) in [5, 5.41) is 0. The molecule has 0 aromatic carbocycles. The van der Waals surface area contributed by atoms with E-state index in [0.717, 1.165) is 17.3 Å². The minimum Gasteiger partial charge on any atom is -0.441 e. The first-order chi connectivity index (χ1) is 4.74. The van der Waals surface area contributed by atoms with Crippen molar-refractivity contribution in [1.82, 2.24) is 4.98 Å². The van der Waals surface area contributed by atoms with Crippen LogP contribution in [0.1, 0.15) is 24.3 Å². The minimum atomic E-state index is 0.727. The molecule has 1 aromatic rings. The fraction of sp³-hybridized carbons (Fsp3) is 0.375. The molecule has 0 bridgehead atoms. The molecule has 54 valence electrons. The van der Waals surface area contributed by atoms with Crippen LogP contribution >= 0.6 is 0 Å². The quantitative estimate of drug-likeness (QED) is 0.593. The zero-order valence-corrected chi connectivity index (χ0v) is 6.51. The fourth-order valence-electron chi connectivity index (χ4n) is 0.853. The first-order valence-electron chi connectivity index (χ1n) is 3.30. The summed E-state index contributed by atoms with van der Waals surface area (Å²) >= 11 is 0. The SMILES string of the molecule is C/C=C\c1oc(C)nc1C. The Kier molecular flexibility index (Phi) is 1.90. The zero-order valence-electron chi connectivity index (χ0n) is 6.51. The molecule has 0 aliphatic carbocycles. The van der Waals surface area contributed by atoms with Crippen LogP contribution < -0.4 is 0 Å². The summed E-state index contributed by atoms with van der Waals surface area (Å²) < 4.78 is 5.26. The van der Waals surface area contributed by atoms with Crippen LogP contribution in [0.25, 0.3) is 6.08 Å². The Hall–Kier alpha value is -1.05. The molecule has 1 rings (SSSR count). The summed E-state index contributed by atoms with van der Waals surface area (Å²) in [6.45, 7) is 5.74. The normalized spacial score (nSPS) is 11.1. The van der Waals surface area contributed by atoms with Crippen molar-refractivity contribution in [2.24, 2.45) is 0 Å². The standard InChI is InChI=1S/C8H11NO/c1-4-5-8-6(2)9-7(3)10-8/h4-5H,1-3H3/b5-4-. The molecular formula is C8H11NO. The largest absolute Gasteiger partial charge is 0.441 e. The predicted octanol–water partition coefficient (Wildman–Crippen LogP) is 2.32. The van der Waals surface area contributed by atoms with Gasteiger partial charge < -0.3 is 4.42 Å². The highest BCUT2D eigenvalue weighted by Crippen LogP contribution is 2.10. The van der Waals surface area contributed by atoms with Gasteiger partial charge in [0.05, 0.1) is 5.69 Å². The topological polar surface area (TPSA) is 26.0 Å². The number of oxazole rings is 1. The van der Waals surface area contributed by atoms with E-state index in [0.29, 0.717) is 0 Å². The maximum absolute atomic E-state index is 5.26. The van der Waals surface area contributed by atoms with E-state index in [9.17, 15) is 0 Å². The fourth-order valence-corrected chi connectivity index (χ4v) is 0.853. The van der Waals surface area contributed by atoms with Gasteiger partial charge in [0.15, 0.2) is 5.89 Å². The van der Waals surface area contributed by atoms with Crippen molar-refractivity contribution in [3.8, 4) is 0 Å². The third kappa shape index (κ3) is 1.26. The Bertz CT molecular complexity index is 248. The second kappa shape index (κ2) is 2.69. The van der Waals surface area contributed by atoms with Gasteiger partial charge in [-0.25, -0.2) is 4.98 Å². The monoisotopic (exact) mass is 137 g/mol. The van der Waals surface area contributed by atoms with Crippen LogP contribution in [0.4, 0.5) is 0 Å². The third-order valence-corrected chi connectivity index (χ3v) is 1.26. The number of hydrogen-bond acceptors (Lipinski definition) is 2. The van der Waals surface area contributed by atoms with Gasteiger partial charge in [0.1, 0.15) is 5.76 Å². The van der Waals surface area contributed by atoms with Crippen molar-refractivity contribution >= 4 is 6.08 Å². The number of aryl methyl sites for hydroxylation is 2. The average molecular weight is 137 g/mol. The van der Waals surface area contributed by atoms with E-state index >= 15 is 0 Å². The number of aromatic nitrogens is 1. The van der Waals surface area contributed by atoms with Gasteiger partial charge in [-0.05, 0) is 19.9 Å². The smallest absolute Gasteiger partial charge is 0.191 e. The molecule has 0 atom stereocenters. The van der Waals surface area contributed by atoms with Gasteiger partial charge >= 0.3 is 0 Å². The Morgan fingerprint density at radius 2 is 2.10 bits per heavy atom. The summed E-state index contributed by atoms with van der Waals surface area (Å²) in [5.41, 5.74) is 0.954. The average Bonchev–Trinajstić information content (AvgIpc) is 2.13. The van der Waals surface area contributed by atoms with E-state index in [1.54, 1.807) is 0 Å². The van der Waals surface area contributed by atoms with E-state index in [2.05, 4.69) is 4.98 Å². The summed E-state index contributed by atoms with van der Waals surface area (Å²) in [4.78, 5) is 4.11. The van der Waals surface area contributed by atoms with Gasteiger partial charge in [0.2, 0.25) is 0 Å². The third-order valence-electron chi connectivity index (χ3n) is 1.26. The van der Waals surface area contributed by atoms with Crippen LogP contribution in [-0.4, -0.2) is 4.98 Å². The summed E-state index contributed by atoms with van der Waals surface area (Å²) in [6.07, 6.45) is 3.85. The van der Waals surface area contributed by atoms with Gasteiger partial charge in [-0.15, -0.1) is 0 Å². The molecule has 0 radical (unpaired) electrons. The van der Waals surface area contributed by atoms with Crippen LogP contribution in [0.15, 0.2) is 10.5 Å². The molecule has 0 N–H and O–H groups in total. The lowest BCUT2D eigenvalue weighted by Crippen LogP contribution is -1.72. The van der Waals surface area contributed by atoms with E-state index in [1.165, 1.54) is 0 Å². The van der Waals surface area contributed by atoms with Crippen molar-refractivity contribution in [3.63, 3.8) is 0 Å². The lowest BCUT2D eigenvalue weighted by Gasteiger charge is -1.82. The van der Waals surface area contributed by atoms with Crippen LogP contribution in [0, 0.1) is 13.8 Å². The van der Waals surface area contributed by atoms with Gasteiger partial charge in [-0.2, -0.15) is 0 Å². The van der Waals surface area contributed by atoms with Crippen LogP contribution in [0.5, 0.6) is 0 Å². The first-order valence-corrected chi connectivity index (χ1v) is 3.30. The number of hydrogen-bond donors (Lipinski definition) is 0. The molecule has 10 heavy (non-hydrogen) atoms. The van der Waals surface area contributed by atoms with E-state index in [4.69, 9.17) is 4.42 Å². The van der Waals surface area contributed by atoms with Gasteiger partial charge in [-0.3, -0.25) is 0 Å². The maximum atomic E-state index is 5.26. The predicted molar refractivity (Wildman–Crippen MR) is 40.7 cm³/mol. The van der Waals surface area contributed by atoms with Crippen molar-refractivity contribution < 1.29 is 4.42 Å². The van der Waals surface area contributed by atoms with Crippen molar-refractivity contribution in [2.75, 3.05) is 0 Å². The van der Waals surface area contributed by atoms with E-state index in [1.807, 2.05) is 32.9 Å². The molecule has 0 fully saturated rings. The van der Waals surface area contributed by atoms with Gasteiger partial charge in [0, 0.05) is 6.92 Å².